The average Bonchev–Trinajstić information content (AvgIpc) is 4.04. The second-order valence-electron chi connectivity index (χ2n) is 17.2. The van der Waals surface area contributed by atoms with Crippen molar-refractivity contribution in [1.29, 1.82) is 0 Å². The molecule has 300 valence electrons. The summed E-state index contributed by atoms with van der Waals surface area (Å²) >= 11 is 0. The van der Waals surface area contributed by atoms with E-state index in [9.17, 15) is 37.5 Å². The number of likely N-dealkylation sites (tertiary alicyclic amines) is 1. The minimum absolute atomic E-state index is 0.133. The van der Waals surface area contributed by atoms with E-state index in [0.717, 1.165) is 24.0 Å². The van der Waals surface area contributed by atoms with Crippen LogP contribution in [0.3, 0.4) is 0 Å². The molecule has 2 saturated heterocycles. The first kappa shape index (κ1) is 39.5. The van der Waals surface area contributed by atoms with E-state index in [0.29, 0.717) is 37.7 Å². The second-order valence-corrected chi connectivity index (χ2v) is 19.2. The lowest BCUT2D eigenvalue weighted by Crippen LogP contribution is -2.58. The number of allylic oxidation sites excluding steroid dienone is 1. The smallest absolute Gasteiger partial charge is 0.307 e. The van der Waals surface area contributed by atoms with Crippen LogP contribution < -0.4 is 10.0 Å². The number of amides is 4. The van der Waals surface area contributed by atoms with Gasteiger partial charge in [0.1, 0.15) is 22.9 Å². The molecule has 2 aromatic carbocycles. The maximum Gasteiger partial charge on any atom is 0.307 e. The van der Waals surface area contributed by atoms with Crippen LogP contribution in [0, 0.1) is 23.7 Å². The highest BCUT2D eigenvalue weighted by Crippen LogP contribution is 2.47. The van der Waals surface area contributed by atoms with Crippen LogP contribution >= 0.6 is 0 Å². The number of phenols is 1. The van der Waals surface area contributed by atoms with Gasteiger partial charge in [0.15, 0.2) is 0 Å². The third-order valence-corrected chi connectivity index (χ3v) is 13.6. The largest absolute Gasteiger partial charge is 0.508 e. The standard InChI is InChI=1S/C42H52N4O9S/c1-41(2,3)55-35(48)21-29-10-7-5-4-6-8-13-31-22-42(31,40(52)44-56(53,54)33-18-19-33)43-37(49)36-34-25-45(23-30(34)24-46(36)39(29)51)38(50)28-12-9-11-27(20-28)26-14-16-32(47)17-15-26/h8-9,11-17,20,29-31,33-34,36,47H,4-7,10,18-19,21-25H2,1-3H3,(H,43,49)(H,44,52)/b13-8-/t29-,30-,31+,34-,36-,42+/m0/s1. The van der Waals surface area contributed by atoms with Gasteiger partial charge in [0, 0.05) is 48.9 Å². The van der Waals surface area contributed by atoms with Crippen molar-refractivity contribution in [3.63, 3.8) is 0 Å². The van der Waals surface area contributed by atoms with Crippen molar-refractivity contribution in [2.24, 2.45) is 23.7 Å². The number of hydrogen-bond acceptors (Lipinski definition) is 9. The van der Waals surface area contributed by atoms with Crippen LogP contribution in [-0.2, 0) is 33.9 Å². The number of hydrogen-bond donors (Lipinski definition) is 3. The van der Waals surface area contributed by atoms with E-state index >= 15 is 0 Å². The summed E-state index contributed by atoms with van der Waals surface area (Å²) < 4.78 is 33.7. The molecule has 0 aromatic heterocycles. The zero-order valence-corrected chi connectivity index (χ0v) is 33.1. The number of nitrogens with one attached hydrogen (secondary N) is 2. The summed E-state index contributed by atoms with van der Waals surface area (Å²) in [6, 6.07) is 12.8. The van der Waals surface area contributed by atoms with Crippen molar-refractivity contribution >= 4 is 39.6 Å². The van der Waals surface area contributed by atoms with Gasteiger partial charge < -0.3 is 25.0 Å². The van der Waals surface area contributed by atoms with Crippen LogP contribution in [-0.4, -0.2) is 95.0 Å². The molecule has 3 heterocycles. The highest BCUT2D eigenvalue weighted by Gasteiger charge is 2.63. The molecule has 14 heteroatoms. The summed E-state index contributed by atoms with van der Waals surface area (Å²) in [6.07, 6.45) is 8.26. The van der Waals surface area contributed by atoms with Gasteiger partial charge in [-0.25, -0.2) is 8.42 Å². The van der Waals surface area contributed by atoms with Gasteiger partial charge in [-0.05, 0) is 94.7 Å². The van der Waals surface area contributed by atoms with Gasteiger partial charge in [0.2, 0.25) is 21.8 Å². The van der Waals surface area contributed by atoms with E-state index in [1.54, 1.807) is 68.1 Å². The lowest BCUT2D eigenvalue weighted by atomic mass is 9.92. The molecule has 4 fully saturated rings. The first-order valence-electron chi connectivity index (χ1n) is 19.8. The van der Waals surface area contributed by atoms with Gasteiger partial charge in [-0.15, -0.1) is 0 Å². The third kappa shape index (κ3) is 8.50. The Morgan fingerprint density at radius 1 is 0.964 bits per heavy atom. The molecule has 56 heavy (non-hydrogen) atoms. The molecule has 13 nitrogen and oxygen atoms in total. The summed E-state index contributed by atoms with van der Waals surface area (Å²) in [7, 11) is -3.91. The summed E-state index contributed by atoms with van der Waals surface area (Å²) in [5, 5.41) is 12.1. The maximum absolute atomic E-state index is 14.7. The lowest BCUT2D eigenvalue weighted by molar-refractivity contribution is -0.159. The Balaban J connectivity index is 1.18. The van der Waals surface area contributed by atoms with Gasteiger partial charge in [-0.1, -0.05) is 49.3 Å². The molecular formula is C42H52N4O9S. The Hall–Kier alpha value is -4.72. The fraction of sp³-hybridized carbons (Fsp3) is 0.548. The number of aromatic hydroxyl groups is 1. The Bertz CT molecular complexity index is 2020. The Morgan fingerprint density at radius 2 is 1.71 bits per heavy atom. The fourth-order valence-corrected chi connectivity index (χ4v) is 9.99. The number of carbonyl (C=O) groups excluding carboxylic acids is 5. The van der Waals surface area contributed by atoms with Crippen molar-refractivity contribution in [3.8, 4) is 16.9 Å². The number of rotatable bonds is 7. The van der Waals surface area contributed by atoms with Crippen LogP contribution in [0.15, 0.2) is 60.7 Å². The van der Waals surface area contributed by atoms with Gasteiger partial charge in [-0.3, -0.25) is 28.7 Å². The van der Waals surface area contributed by atoms with Gasteiger partial charge in [0.25, 0.3) is 11.8 Å². The predicted molar refractivity (Wildman–Crippen MR) is 207 cm³/mol. The van der Waals surface area contributed by atoms with Crippen molar-refractivity contribution < 1.29 is 42.2 Å². The van der Waals surface area contributed by atoms with Crippen molar-refractivity contribution in [2.75, 3.05) is 19.6 Å². The first-order chi connectivity index (χ1) is 26.5. The van der Waals surface area contributed by atoms with Crippen molar-refractivity contribution in [2.45, 2.75) is 101 Å². The average molecular weight is 789 g/mol. The zero-order chi connectivity index (χ0) is 40.0. The molecular weight excluding hydrogens is 737 g/mol. The number of sulfonamides is 1. The molecule has 0 unspecified atom stereocenters. The Morgan fingerprint density at radius 3 is 2.43 bits per heavy atom. The number of esters is 1. The molecule has 0 radical (unpaired) electrons. The van der Waals surface area contributed by atoms with Gasteiger partial charge in [-0.2, -0.15) is 0 Å². The van der Waals surface area contributed by atoms with Crippen LogP contribution in [0.2, 0.25) is 0 Å². The maximum atomic E-state index is 14.7. The van der Waals surface area contributed by atoms with E-state index in [-0.39, 0.29) is 56.0 Å². The number of fused-ring (bicyclic) bond motifs is 4. The molecule has 2 aliphatic carbocycles. The quantitative estimate of drug-likeness (QED) is 0.272. The summed E-state index contributed by atoms with van der Waals surface area (Å²) in [6.45, 7) is 5.92. The highest BCUT2D eigenvalue weighted by atomic mass is 32.2. The van der Waals surface area contributed by atoms with E-state index in [2.05, 4.69) is 10.0 Å². The first-order valence-corrected chi connectivity index (χ1v) is 21.3. The summed E-state index contributed by atoms with van der Waals surface area (Å²) in [5.41, 5.74) is -0.186. The molecule has 3 aliphatic heterocycles. The highest BCUT2D eigenvalue weighted by molar-refractivity contribution is 7.91. The molecule has 2 saturated carbocycles. The molecule has 6 atom stereocenters. The van der Waals surface area contributed by atoms with Crippen molar-refractivity contribution in [3.05, 3.63) is 66.2 Å². The third-order valence-electron chi connectivity index (χ3n) is 11.8. The second kappa shape index (κ2) is 15.3. The molecule has 0 bridgehead atoms. The van der Waals surface area contributed by atoms with Crippen molar-refractivity contribution in [1.82, 2.24) is 19.8 Å². The SMILES string of the molecule is CC(C)(C)OC(=O)C[C@@H]1CCCCC/C=C\[C@@H]2C[C@@]2(C(=O)NS(=O)(=O)C2CC2)NC(=O)[C@@H]2[C@H]3CN(C(=O)c4cccc(-c5ccc(O)cc5)c4)C[C@H]3CN2C1=O. The Labute approximate surface area is 328 Å². The summed E-state index contributed by atoms with van der Waals surface area (Å²) in [5.74, 6) is -4.25. The molecule has 7 rings (SSSR count). The molecule has 0 spiro atoms. The van der Waals surface area contributed by atoms with Crippen LogP contribution in [0.5, 0.6) is 5.75 Å². The lowest BCUT2D eigenvalue weighted by Gasteiger charge is -2.33. The van der Waals surface area contributed by atoms with Crippen LogP contribution in [0.25, 0.3) is 11.1 Å². The minimum atomic E-state index is -3.91. The number of benzene rings is 2. The fourth-order valence-electron chi connectivity index (χ4n) is 8.62. The Kier molecular flexibility index (Phi) is 10.8. The number of carbonyl (C=O) groups is 5. The van der Waals surface area contributed by atoms with E-state index < -0.39 is 68.0 Å². The topological polar surface area (TPSA) is 179 Å². The molecule has 3 N–H and O–H groups in total. The molecule has 2 aromatic rings. The number of ether oxygens (including phenoxy) is 1. The molecule has 4 amide bonds. The van der Waals surface area contributed by atoms with Gasteiger partial charge >= 0.3 is 5.97 Å². The van der Waals surface area contributed by atoms with E-state index in [4.69, 9.17) is 4.74 Å². The van der Waals surface area contributed by atoms with Gasteiger partial charge in [0.05, 0.1) is 11.7 Å². The molecule has 5 aliphatic rings. The summed E-state index contributed by atoms with van der Waals surface area (Å²) in [4.78, 5) is 73.6. The van der Waals surface area contributed by atoms with Crippen LogP contribution in [0.1, 0.15) is 88.9 Å². The van der Waals surface area contributed by atoms with E-state index in [1.807, 2.05) is 18.2 Å². The zero-order valence-electron chi connectivity index (χ0n) is 32.2. The predicted octanol–water partition coefficient (Wildman–Crippen LogP) is 4.31. The minimum Gasteiger partial charge on any atom is -0.508 e. The monoisotopic (exact) mass is 788 g/mol. The number of phenolic OH excluding ortho intramolecular Hbond substituents is 1. The van der Waals surface area contributed by atoms with E-state index in [1.165, 1.54) is 4.90 Å². The number of nitrogens with zero attached hydrogens (tertiary/aromatic N) is 2. The van der Waals surface area contributed by atoms with Crippen LogP contribution in [0.4, 0.5) is 0 Å². The normalized spacial score (nSPS) is 28.8.